The number of hydrogen-bond acceptors (Lipinski definition) is 8. The van der Waals surface area contributed by atoms with Crippen molar-refractivity contribution in [2.75, 3.05) is 40.0 Å². The van der Waals surface area contributed by atoms with Crippen LogP contribution in [0, 0.1) is 18.3 Å². The molecule has 0 bridgehead atoms. The zero-order valence-corrected chi connectivity index (χ0v) is 17.5. The first-order valence-corrected chi connectivity index (χ1v) is 9.85. The lowest BCUT2D eigenvalue weighted by Crippen LogP contribution is -2.39. The van der Waals surface area contributed by atoms with Gasteiger partial charge in [0.2, 0.25) is 5.88 Å². The van der Waals surface area contributed by atoms with Crippen molar-refractivity contribution in [1.29, 1.82) is 5.26 Å². The van der Waals surface area contributed by atoms with Gasteiger partial charge in [-0.05, 0) is 36.8 Å². The molecular formula is C22H24N4O5. The third-order valence-corrected chi connectivity index (χ3v) is 5.22. The number of nitriles is 1. The Bertz CT molecular complexity index is 1080. The van der Waals surface area contributed by atoms with Crippen LogP contribution in [0.4, 0.5) is 5.69 Å². The number of aliphatic imine (C=N–C) groups is 1. The average Bonchev–Trinajstić information content (AvgIpc) is 2.79. The third-order valence-electron chi connectivity index (χ3n) is 5.22. The summed E-state index contributed by atoms with van der Waals surface area (Å²) in [5, 5.41) is 20.3. The zero-order chi connectivity index (χ0) is 22.4. The fraction of sp³-hybridized carbons (Fsp3) is 0.364. The predicted molar refractivity (Wildman–Crippen MR) is 114 cm³/mol. The maximum Gasteiger partial charge on any atom is 0.337 e. The molecule has 0 saturated carbocycles. The molecule has 9 heteroatoms. The van der Waals surface area contributed by atoms with E-state index in [1.807, 2.05) is 6.07 Å². The molecule has 31 heavy (non-hydrogen) atoms. The molecule has 1 aliphatic heterocycles. The molecule has 3 rings (SSSR count). The van der Waals surface area contributed by atoms with Crippen molar-refractivity contribution in [3.8, 4) is 11.9 Å². The molecule has 0 radical (unpaired) electrons. The molecule has 2 aromatic rings. The van der Waals surface area contributed by atoms with E-state index in [0.29, 0.717) is 42.1 Å². The lowest BCUT2D eigenvalue weighted by molar-refractivity contribution is 0.0360. The zero-order valence-electron chi connectivity index (χ0n) is 17.5. The van der Waals surface area contributed by atoms with Crippen molar-refractivity contribution in [2.24, 2.45) is 4.99 Å². The van der Waals surface area contributed by atoms with Gasteiger partial charge in [-0.2, -0.15) is 5.26 Å². The molecule has 1 aromatic heterocycles. The predicted octanol–water partition coefficient (Wildman–Crippen LogP) is 1.60. The van der Waals surface area contributed by atoms with Gasteiger partial charge in [-0.15, -0.1) is 0 Å². The minimum atomic E-state index is -0.523. The quantitative estimate of drug-likeness (QED) is 0.553. The maximum absolute atomic E-state index is 12.7. The normalized spacial score (nSPS) is 14.5. The molecule has 0 unspecified atom stereocenters. The van der Waals surface area contributed by atoms with Gasteiger partial charge in [0.15, 0.2) is 0 Å². The number of carbonyl (C=O) groups excluding carboxylic acids is 1. The van der Waals surface area contributed by atoms with Crippen LogP contribution in [0.2, 0.25) is 0 Å². The van der Waals surface area contributed by atoms with Crippen molar-refractivity contribution in [1.82, 2.24) is 9.47 Å². The highest BCUT2D eigenvalue weighted by atomic mass is 16.5. The van der Waals surface area contributed by atoms with E-state index in [9.17, 15) is 20.0 Å². The van der Waals surface area contributed by atoms with E-state index in [1.54, 1.807) is 31.2 Å². The standard InChI is InChI=1S/C22H24N4O5/c1-15-18(13-23)20(27)26(8-7-25-9-11-31-12-10-25)21(28)19(15)14-24-17-5-3-16(4-6-17)22(29)30-2/h3-6,14,28H,7-12H2,1-2H3. The van der Waals surface area contributed by atoms with Crippen LogP contribution < -0.4 is 5.56 Å². The van der Waals surface area contributed by atoms with Crippen LogP contribution in [0.3, 0.4) is 0 Å². The van der Waals surface area contributed by atoms with E-state index >= 15 is 0 Å². The number of benzene rings is 1. The second kappa shape index (κ2) is 10.0. The van der Waals surface area contributed by atoms with E-state index in [0.717, 1.165) is 13.1 Å². The molecule has 1 fully saturated rings. The SMILES string of the molecule is COC(=O)c1ccc(N=Cc2c(C)c(C#N)c(=O)n(CCN3CCOCC3)c2O)cc1. The number of ether oxygens (including phenoxy) is 2. The van der Waals surface area contributed by atoms with Gasteiger partial charge in [-0.3, -0.25) is 19.3 Å². The lowest BCUT2D eigenvalue weighted by atomic mass is 10.1. The number of rotatable bonds is 6. The second-order valence-corrected chi connectivity index (χ2v) is 7.06. The first-order valence-electron chi connectivity index (χ1n) is 9.85. The summed E-state index contributed by atoms with van der Waals surface area (Å²) in [4.78, 5) is 30.7. The number of carbonyl (C=O) groups is 1. The fourth-order valence-electron chi connectivity index (χ4n) is 3.34. The first-order chi connectivity index (χ1) is 15.0. The summed E-state index contributed by atoms with van der Waals surface area (Å²) in [7, 11) is 1.31. The number of nitrogens with zero attached hydrogens (tertiary/aromatic N) is 4. The van der Waals surface area contributed by atoms with Crippen LogP contribution in [-0.2, 0) is 16.0 Å². The van der Waals surface area contributed by atoms with Gasteiger partial charge in [0.25, 0.3) is 5.56 Å². The van der Waals surface area contributed by atoms with Gasteiger partial charge in [-0.1, -0.05) is 0 Å². The molecule has 0 atom stereocenters. The van der Waals surface area contributed by atoms with E-state index in [4.69, 9.17) is 4.74 Å². The van der Waals surface area contributed by atoms with Gasteiger partial charge in [0.1, 0.15) is 11.6 Å². The van der Waals surface area contributed by atoms with Gasteiger partial charge in [0.05, 0.1) is 37.1 Å². The topological polar surface area (TPSA) is 117 Å². The number of pyridine rings is 1. The number of esters is 1. The third kappa shape index (κ3) is 4.99. The lowest BCUT2D eigenvalue weighted by Gasteiger charge is -2.27. The molecule has 0 aliphatic carbocycles. The van der Waals surface area contributed by atoms with Crippen LogP contribution in [-0.4, -0.2) is 66.7 Å². The Morgan fingerprint density at radius 1 is 1.29 bits per heavy atom. The van der Waals surface area contributed by atoms with Crippen LogP contribution >= 0.6 is 0 Å². The monoisotopic (exact) mass is 424 g/mol. The molecule has 1 N–H and O–H groups in total. The highest BCUT2D eigenvalue weighted by molar-refractivity contribution is 5.90. The molecular weight excluding hydrogens is 400 g/mol. The summed E-state index contributed by atoms with van der Waals surface area (Å²) in [5.41, 5.74) is 1.05. The molecule has 1 saturated heterocycles. The van der Waals surface area contributed by atoms with Crippen LogP contribution in [0.5, 0.6) is 5.88 Å². The van der Waals surface area contributed by atoms with E-state index in [-0.39, 0.29) is 18.0 Å². The van der Waals surface area contributed by atoms with E-state index in [2.05, 4.69) is 14.6 Å². The Morgan fingerprint density at radius 3 is 2.58 bits per heavy atom. The Labute approximate surface area is 179 Å². The summed E-state index contributed by atoms with van der Waals surface area (Å²) < 4.78 is 11.2. The summed E-state index contributed by atoms with van der Waals surface area (Å²) in [5.74, 6) is -0.681. The Balaban J connectivity index is 1.90. The Morgan fingerprint density at radius 2 is 1.97 bits per heavy atom. The minimum Gasteiger partial charge on any atom is -0.494 e. The summed E-state index contributed by atoms with van der Waals surface area (Å²) in [6, 6.07) is 8.37. The highest BCUT2D eigenvalue weighted by Crippen LogP contribution is 2.22. The van der Waals surface area contributed by atoms with Crippen molar-refractivity contribution in [3.05, 3.63) is 56.9 Å². The molecule has 1 aromatic carbocycles. The van der Waals surface area contributed by atoms with E-state index in [1.165, 1.54) is 17.9 Å². The number of methoxy groups -OCH3 is 1. The summed E-state index contributed by atoms with van der Waals surface area (Å²) in [6.07, 6.45) is 1.42. The van der Waals surface area contributed by atoms with Crippen molar-refractivity contribution >= 4 is 17.9 Å². The second-order valence-electron chi connectivity index (χ2n) is 7.06. The van der Waals surface area contributed by atoms with Crippen LogP contribution in [0.25, 0.3) is 0 Å². The highest BCUT2D eigenvalue weighted by Gasteiger charge is 2.19. The number of morpholine rings is 1. The molecule has 162 valence electrons. The number of hydrogen-bond donors (Lipinski definition) is 1. The van der Waals surface area contributed by atoms with E-state index < -0.39 is 11.5 Å². The molecule has 2 heterocycles. The average molecular weight is 424 g/mol. The van der Waals surface area contributed by atoms with Crippen molar-refractivity contribution in [3.63, 3.8) is 0 Å². The summed E-state index contributed by atoms with van der Waals surface area (Å²) in [6.45, 7) is 5.17. The van der Waals surface area contributed by atoms with Gasteiger partial charge >= 0.3 is 5.97 Å². The molecule has 0 spiro atoms. The van der Waals surface area contributed by atoms with Gasteiger partial charge in [0, 0.05) is 32.4 Å². The summed E-state index contributed by atoms with van der Waals surface area (Å²) >= 11 is 0. The molecule has 9 nitrogen and oxygen atoms in total. The first kappa shape index (κ1) is 22.2. The smallest absolute Gasteiger partial charge is 0.337 e. The molecule has 0 amide bonds. The maximum atomic E-state index is 12.7. The minimum absolute atomic E-state index is 0.0257. The Kier molecular flexibility index (Phi) is 7.18. The molecule has 1 aliphatic rings. The van der Waals surface area contributed by atoms with Gasteiger partial charge in [-0.25, -0.2) is 4.79 Å². The Hall–Kier alpha value is -3.48. The largest absolute Gasteiger partial charge is 0.494 e. The van der Waals surface area contributed by atoms with Crippen LogP contribution in [0.1, 0.15) is 27.0 Å². The number of aromatic hydroxyl groups is 1. The van der Waals surface area contributed by atoms with Gasteiger partial charge < -0.3 is 14.6 Å². The van der Waals surface area contributed by atoms with Crippen LogP contribution in [0.15, 0.2) is 34.1 Å². The van der Waals surface area contributed by atoms with Crippen molar-refractivity contribution in [2.45, 2.75) is 13.5 Å². The van der Waals surface area contributed by atoms with Crippen molar-refractivity contribution < 1.29 is 19.4 Å². The fourth-order valence-corrected chi connectivity index (χ4v) is 3.34. The number of aromatic nitrogens is 1.